The number of nitrogens with two attached hydrogens (primary N) is 1. The van der Waals surface area contributed by atoms with E-state index in [1.165, 1.54) is 0 Å². The smallest absolute Gasteiger partial charge is 0.239 e. The molecule has 0 unspecified atom stereocenters. The topological polar surface area (TPSA) is 58.4 Å². The van der Waals surface area contributed by atoms with E-state index in [2.05, 4.69) is 23.2 Å². The number of para-hydroxylation sites is 1. The molecule has 1 aliphatic rings. The fourth-order valence-corrected chi connectivity index (χ4v) is 2.15. The van der Waals surface area contributed by atoms with Crippen LogP contribution in [0.5, 0.6) is 0 Å². The maximum absolute atomic E-state index is 11.4. The molecule has 1 atom stereocenters. The number of rotatable bonds is 3. The van der Waals surface area contributed by atoms with Crippen molar-refractivity contribution in [3.63, 3.8) is 0 Å². The Morgan fingerprint density at radius 1 is 1.47 bits per heavy atom. The Morgan fingerprint density at radius 3 is 2.94 bits per heavy atom. The largest absolute Gasteiger partial charge is 0.360 e. The number of piperazine rings is 1. The SMILES string of the molecule is CC[C@@H](N)c1ccccc1N1CCNC(=O)C1. The maximum Gasteiger partial charge on any atom is 0.239 e. The van der Waals surface area contributed by atoms with Crippen molar-refractivity contribution in [1.82, 2.24) is 5.32 Å². The molecule has 1 amide bonds. The Balaban J connectivity index is 2.27. The van der Waals surface area contributed by atoms with E-state index >= 15 is 0 Å². The van der Waals surface area contributed by atoms with Gasteiger partial charge >= 0.3 is 0 Å². The number of carbonyl (C=O) groups excluding carboxylic acids is 1. The molecule has 4 nitrogen and oxygen atoms in total. The molecular weight excluding hydrogens is 214 g/mol. The standard InChI is InChI=1S/C13H19N3O/c1-2-11(14)10-5-3-4-6-12(10)16-8-7-15-13(17)9-16/h3-6,11H,2,7-9,14H2,1H3,(H,15,17)/t11-/m1/s1. The van der Waals surface area contributed by atoms with Gasteiger partial charge in [0.2, 0.25) is 5.91 Å². The number of hydrogen-bond acceptors (Lipinski definition) is 3. The van der Waals surface area contributed by atoms with Crippen LogP contribution in [0.15, 0.2) is 24.3 Å². The van der Waals surface area contributed by atoms with Crippen molar-refractivity contribution in [2.45, 2.75) is 19.4 Å². The molecule has 0 radical (unpaired) electrons. The van der Waals surface area contributed by atoms with Gasteiger partial charge < -0.3 is 16.0 Å². The van der Waals surface area contributed by atoms with Crippen molar-refractivity contribution in [3.05, 3.63) is 29.8 Å². The number of anilines is 1. The average molecular weight is 233 g/mol. The minimum Gasteiger partial charge on any atom is -0.360 e. The molecule has 1 fully saturated rings. The van der Waals surface area contributed by atoms with Gasteiger partial charge in [-0.1, -0.05) is 25.1 Å². The van der Waals surface area contributed by atoms with Crippen molar-refractivity contribution in [2.75, 3.05) is 24.5 Å². The molecule has 1 aliphatic heterocycles. The van der Waals surface area contributed by atoms with Crippen LogP contribution in [-0.4, -0.2) is 25.5 Å². The van der Waals surface area contributed by atoms with Crippen LogP contribution in [0.2, 0.25) is 0 Å². The van der Waals surface area contributed by atoms with Gasteiger partial charge in [0.1, 0.15) is 0 Å². The molecule has 0 bridgehead atoms. The van der Waals surface area contributed by atoms with Crippen molar-refractivity contribution >= 4 is 11.6 Å². The highest BCUT2D eigenvalue weighted by molar-refractivity contribution is 5.83. The Labute approximate surface area is 102 Å². The second-order valence-electron chi connectivity index (χ2n) is 4.35. The molecule has 1 heterocycles. The lowest BCUT2D eigenvalue weighted by Gasteiger charge is -2.31. The first-order chi connectivity index (χ1) is 8.22. The molecule has 1 aromatic rings. The predicted octanol–water partition coefficient (Wildman–Crippen LogP) is 1.03. The van der Waals surface area contributed by atoms with E-state index in [-0.39, 0.29) is 11.9 Å². The Morgan fingerprint density at radius 2 is 2.24 bits per heavy atom. The van der Waals surface area contributed by atoms with Crippen LogP contribution in [0.3, 0.4) is 0 Å². The second-order valence-corrected chi connectivity index (χ2v) is 4.35. The van der Waals surface area contributed by atoms with Gasteiger partial charge in [0, 0.05) is 24.8 Å². The third-order valence-corrected chi connectivity index (χ3v) is 3.16. The Hall–Kier alpha value is -1.55. The molecule has 4 heteroatoms. The summed E-state index contributed by atoms with van der Waals surface area (Å²) in [6.07, 6.45) is 0.900. The molecule has 92 valence electrons. The van der Waals surface area contributed by atoms with E-state index < -0.39 is 0 Å². The van der Waals surface area contributed by atoms with Crippen molar-refractivity contribution in [1.29, 1.82) is 0 Å². The second kappa shape index (κ2) is 5.19. The molecule has 3 N–H and O–H groups in total. The maximum atomic E-state index is 11.4. The highest BCUT2D eigenvalue weighted by Crippen LogP contribution is 2.26. The third kappa shape index (κ3) is 2.58. The van der Waals surface area contributed by atoms with Crippen LogP contribution >= 0.6 is 0 Å². The van der Waals surface area contributed by atoms with Gasteiger partial charge in [-0.2, -0.15) is 0 Å². The average Bonchev–Trinajstić information content (AvgIpc) is 2.38. The zero-order valence-corrected chi connectivity index (χ0v) is 10.1. The lowest BCUT2D eigenvalue weighted by Crippen LogP contribution is -2.48. The first-order valence-electron chi connectivity index (χ1n) is 6.08. The number of hydrogen-bond donors (Lipinski definition) is 2. The summed E-state index contributed by atoms with van der Waals surface area (Å²) in [6, 6.07) is 8.13. The van der Waals surface area contributed by atoms with Crippen LogP contribution in [0.1, 0.15) is 24.9 Å². The van der Waals surface area contributed by atoms with Crippen LogP contribution < -0.4 is 16.0 Å². The monoisotopic (exact) mass is 233 g/mol. The van der Waals surface area contributed by atoms with Gasteiger partial charge in [0.15, 0.2) is 0 Å². The summed E-state index contributed by atoms with van der Waals surface area (Å²) in [5.74, 6) is 0.0797. The van der Waals surface area contributed by atoms with Crippen molar-refractivity contribution in [2.24, 2.45) is 5.73 Å². The molecule has 0 saturated carbocycles. The molecule has 1 aromatic carbocycles. The first-order valence-corrected chi connectivity index (χ1v) is 6.08. The van der Waals surface area contributed by atoms with Crippen LogP contribution in [0, 0.1) is 0 Å². The first kappa shape index (κ1) is 11.9. The molecule has 2 rings (SSSR count). The van der Waals surface area contributed by atoms with Crippen LogP contribution in [0.25, 0.3) is 0 Å². The fraction of sp³-hybridized carbons (Fsp3) is 0.462. The number of carbonyl (C=O) groups is 1. The van der Waals surface area contributed by atoms with Gasteiger partial charge in [0.05, 0.1) is 6.54 Å². The molecule has 0 spiro atoms. The van der Waals surface area contributed by atoms with E-state index in [1.54, 1.807) is 0 Å². The van der Waals surface area contributed by atoms with Gasteiger partial charge in [0.25, 0.3) is 0 Å². The fourth-order valence-electron chi connectivity index (χ4n) is 2.15. The minimum atomic E-state index is 0.0381. The summed E-state index contributed by atoms with van der Waals surface area (Å²) in [7, 11) is 0. The van der Waals surface area contributed by atoms with Gasteiger partial charge in [-0.25, -0.2) is 0 Å². The number of nitrogens with one attached hydrogen (secondary N) is 1. The molecule has 0 aromatic heterocycles. The highest BCUT2D eigenvalue weighted by atomic mass is 16.2. The minimum absolute atomic E-state index is 0.0381. The summed E-state index contributed by atoms with van der Waals surface area (Å²) in [5, 5.41) is 2.83. The van der Waals surface area contributed by atoms with E-state index in [9.17, 15) is 4.79 Å². The van der Waals surface area contributed by atoms with Gasteiger partial charge in [-0.05, 0) is 18.1 Å². The van der Waals surface area contributed by atoms with E-state index in [0.29, 0.717) is 13.1 Å². The Kier molecular flexibility index (Phi) is 3.64. The zero-order chi connectivity index (χ0) is 12.3. The van der Waals surface area contributed by atoms with Crippen molar-refractivity contribution in [3.8, 4) is 0 Å². The van der Waals surface area contributed by atoms with E-state index in [4.69, 9.17) is 5.73 Å². The quantitative estimate of drug-likeness (QED) is 0.820. The summed E-state index contributed by atoms with van der Waals surface area (Å²) in [5.41, 5.74) is 8.33. The van der Waals surface area contributed by atoms with Gasteiger partial charge in [-0.15, -0.1) is 0 Å². The number of benzene rings is 1. The summed E-state index contributed by atoms with van der Waals surface area (Å²) in [4.78, 5) is 13.5. The molecule has 17 heavy (non-hydrogen) atoms. The molecule has 1 saturated heterocycles. The third-order valence-electron chi connectivity index (χ3n) is 3.16. The molecular formula is C13H19N3O. The summed E-state index contributed by atoms with van der Waals surface area (Å²) in [6.45, 7) is 4.05. The van der Waals surface area contributed by atoms with Crippen LogP contribution in [-0.2, 0) is 4.79 Å². The van der Waals surface area contributed by atoms with E-state index in [1.807, 2.05) is 18.2 Å². The summed E-state index contributed by atoms with van der Waals surface area (Å²) < 4.78 is 0. The highest BCUT2D eigenvalue weighted by Gasteiger charge is 2.20. The lowest BCUT2D eigenvalue weighted by molar-refractivity contribution is -0.120. The summed E-state index contributed by atoms with van der Waals surface area (Å²) >= 11 is 0. The lowest BCUT2D eigenvalue weighted by atomic mass is 10.0. The zero-order valence-electron chi connectivity index (χ0n) is 10.1. The number of amides is 1. The Bertz CT molecular complexity index is 405. The molecule has 0 aliphatic carbocycles. The van der Waals surface area contributed by atoms with Crippen LogP contribution in [0.4, 0.5) is 5.69 Å². The van der Waals surface area contributed by atoms with E-state index in [0.717, 1.165) is 24.2 Å². The normalized spacial score (nSPS) is 17.8. The number of nitrogens with zero attached hydrogens (tertiary/aromatic N) is 1. The van der Waals surface area contributed by atoms with Crippen molar-refractivity contribution < 1.29 is 4.79 Å². The van der Waals surface area contributed by atoms with Gasteiger partial charge in [-0.3, -0.25) is 4.79 Å². The predicted molar refractivity (Wildman–Crippen MR) is 68.9 cm³/mol.